The number of hydrogen-bond acceptors (Lipinski definition) is 6. The third kappa shape index (κ3) is 7.15. The average Bonchev–Trinajstić information content (AvgIpc) is 4.03. The van der Waals surface area contributed by atoms with E-state index < -0.39 is 0 Å². The van der Waals surface area contributed by atoms with Gasteiger partial charge in [-0.1, -0.05) is 24.3 Å². The highest BCUT2D eigenvalue weighted by Crippen LogP contribution is 2.36. The van der Waals surface area contributed by atoms with Gasteiger partial charge in [-0.15, -0.1) is 0 Å². The molecule has 3 aromatic heterocycles. The van der Waals surface area contributed by atoms with Crippen LogP contribution in [0.15, 0.2) is 133 Å². The molecule has 5 heterocycles. The zero-order valence-corrected chi connectivity index (χ0v) is 31.6. The van der Waals surface area contributed by atoms with Crippen molar-refractivity contribution in [1.29, 1.82) is 0 Å². The number of nitrogens with one attached hydrogen (secondary N) is 2. The van der Waals surface area contributed by atoms with Gasteiger partial charge in [0.2, 0.25) is 0 Å². The summed E-state index contributed by atoms with van der Waals surface area (Å²) < 4.78 is 12.7. The van der Waals surface area contributed by atoms with Gasteiger partial charge < -0.3 is 29.2 Å². The van der Waals surface area contributed by atoms with Crippen LogP contribution in [0.1, 0.15) is 22.8 Å². The minimum atomic E-state index is 0.733. The SMILES string of the molecule is CN(C)c1ccc(Oc2cccc(-c3c4nc(cc5ccc([nH]5)c(-c5cccc(Oc6ccc(N(C)C)cc6)c5)c5ccc(cc6nc3C=C6)[nH]5)C=C4)c2)cc1. The van der Waals surface area contributed by atoms with E-state index >= 15 is 0 Å². The van der Waals surface area contributed by atoms with Crippen molar-refractivity contribution in [3.63, 3.8) is 0 Å². The van der Waals surface area contributed by atoms with E-state index in [0.717, 1.165) is 101 Å². The van der Waals surface area contributed by atoms with Gasteiger partial charge in [-0.05, 0) is 145 Å². The van der Waals surface area contributed by atoms with E-state index in [1.165, 1.54) is 0 Å². The standard InChI is InChI=1S/C48H40N6O2/c1-53(2)37-15-19-39(20-16-37)55-41-9-5-7-31(27-41)47-43-23-11-33(49-43)29-35-13-25-45(51-35)48(46-26-14-36(52-46)30-34-12-24-44(47)50-34)32-8-6-10-42(28-32)56-40-21-17-38(18-22-40)54(3)4/h5-30,49-50H,1-4H3. The first-order valence-corrected chi connectivity index (χ1v) is 18.5. The molecule has 0 fully saturated rings. The van der Waals surface area contributed by atoms with Gasteiger partial charge in [0.15, 0.2) is 0 Å². The van der Waals surface area contributed by atoms with Crippen LogP contribution in [0.2, 0.25) is 0 Å². The molecule has 7 aromatic rings. The zero-order valence-electron chi connectivity index (χ0n) is 31.6. The molecule has 8 bridgehead atoms. The molecular formula is C48H40N6O2. The molecule has 8 heteroatoms. The number of aromatic amines is 2. The molecule has 0 spiro atoms. The van der Waals surface area contributed by atoms with E-state index in [1.54, 1.807) is 0 Å². The van der Waals surface area contributed by atoms with E-state index in [0.29, 0.717) is 0 Å². The first kappa shape index (κ1) is 34.4. The van der Waals surface area contributed by atoms with Crippen molar-refractivity contribution < 1.29 is 9.47 Å². The highest BCUT2D eigenvalue weighted by molar-refractivity contribution is 5.94. The Balaban J connectivity index is 1.14. The fourth-order valence-electron chi connectivity index (χ4n) is 7.01. The van der Waals surface area contributed by atoms with Crippen LogP contribution >= 0.6 is 0 Å². The lowest BCUT2D eigenvalue weighted by molar-refractivity contribution is 0.482. The number of nitrogens with zero attached hydrogens (tertiary/aromatic N) is 4. The van der Waals surface area contributed by atoms with Crippen LogP contribution in [0.3, 0.4) is 0 Å². The van der Waals surface area contributed by atoms with Crippen molar-refractivity contribution in [2.24, 2.45) is 0 Å². The van der Waals surface area contributed by atoms with Crippen LogP contribution in [0.5, 0.6) is 23.0 Å². The fourth-order valence-corrected chi connectivity index (χ4v) is 7.01. The number of benzene rings is 4. The zero-order chi connectivity index (χ0) is 38.2. The normalized spacial score (nSPS) is 11.8. The molecule has 0 saturated carbocycles. The predicted molar refractivity (Wildman–Crippen MR) is 231 cm³/mol. The molecule has 2 aliphatic rings. The molecule has 4 aromatic carbocycles. The van der Waals surface area contributed by atoms with Crippen molar-refractivity contribution in [2.45, 2.75) is 0 Å². The summed E-state index contributed by atoms with van der Waals surface area (Å²) in [5.74, 6) is 3.03. The van der Waals surface area contributed by atoms with E-state index in [2.05, 4.69) is 105 Å². The average molecular weight is 733 g/mol. The van der Waals surface area contributed by atoms with Crippen molar-refractivity contribution in [3.05, 3.63) is 156 Å². The van der Waals surface area contributed by atoms with Gasteiger partial charge in [0.05, 0.1) is 22.8 Å². The third-order valence-corrected chi connectivity index (χ3v) is 9.82. The minimum absolute atomic E-state index is 0.733. The van der Waals surface area contributed by atoms with Gasteiger partial charge in [-0.25, -0.2) is 9.97 Å². The fraction of sp³-hybridized carbons (Fsp3) is 0.0833. The number of anilines is 2. The summed E-state index contributed by atoms with van der Waals surface area (Å²) in [5.41, 5.74) is 13.3. The first-order chi connectivity index (χ1) is 27.3. The molecule has 2 aliphatic heterocycles. The number of hydrogen-bond donors (Lipinski definition) is 2. The molecule has 0 radical (unpaired) electrons. The molecule has 0 atom stereocenters. The lowest BCUT2D eigenvalue weighted by Crippen LogP contribution is -2.07. The van der Waals surface area contributed by atoms with Gasteiger partial charge in [-0.3, -0.25) is 0 Å². The van der Waals surface area contributed by atoms with Crippen LogP contribution < -0.4 is 19.3 Å². The van der Waals surface area contributed by atoms with Gasteiger partial charge in [-0.2, -0.15) is 0 Å². The molecule has 0 unspecified atom stereocenters. The maximum absolute atomic E-state index is 6.34. The van der Waals surface area contributed by atoms with Crippen LogP contribution in [-0.2, 0) is 0 Å². The Morgan fingerprint density at radius 3 is 1.32 bits per heavy atom. The molecule has 0 aliphatic carbocycles. The van der Waals surface area contributed by atoms with Gasteiger partial charge in [0.25, 0.3) is 0 Å². The summed E-state index contributed by atoms with van der Waals surface area (Å²) in [6.45, 7) is 0. The van der Waals surface area contributed by atoms with Crippen LogP contribution in [0, 0.1) is 0 Å². The molecule has 0 amide bonds. The Bertz CT molecular complexity index is 2710. The topological polar surface area (TPSA) is 82.3 Å². The Kier molecular flexibility index (Phi) is 8.91. The Morgan fingerprint density at radius 2 is 0.875 bits per heavy atom. The van der Waals surface area contributed by atoms with E-state index in [1.807, 2.05) is 101 Å². The quantitative estimate of drug-likeness (QED) is 0.162. The molecule has 274 valence electrons. The summed E-state index contributed by atoms with van der Waals surface area (Å²) in [6, 6.07) is 45.0. The van der Waals surface area contributed by atoms with Crippen LogP contribution in [0.25, 0.3) is 68.6 Å². The number of aromatic nitrogens is 4. The first-order valence-electron chi connectivity index (χ1n) is 18.5. The second-order valence-corrected chi connectivity index (χ2v) is 14.2. The lowest BCUT2D eigenvalue weighted by atomic mass is 10.0. The van der Waals surface area contributed by atoms with Gasteiger partial charge >= 0.3 is 0 Å². The van der Waals surface area contributed by atoms with E-state index in [-0.39, 0.29) is 0 Å². The molecule has 2 N–H and O–H groups in total. The van der Waals surface area contributed by atoms with Crippen molar-refractivity contribution in [1.82, 2.24) is 19.9 Å². The van der Waals surface area contributed by atoms with Gasteiger partial charge in [0.1, 0.15) is 23.0 Å². The Labute approximate surface area is 325 Å². The molecular weight excluding hydrogens is 693 g/mol. The van der Waals surface area contributed by atoms with Crippen molar-refractivity contribution in [2.75, 3.05) is 38.0 Å². The molecule has 0 saturated heterocycles. The van der Waals surface area contributed by atoms with E-state index in [4.69, 9.17) is 19.4 Å². The number of rotatable bonds is 8. The molecule has 9 rings (SSSR count). The maximum atomic E-state index is 6.34. The highest BCUT2D eigenvalue weighted by Gasteiger charge is 2.16. The summed E-state index contributed by atoms with van der Waals surface area (Å²) in [7, 11) is 8.11. The van der Waals surface area contributed by atoms with Crippen LogP contribution in [0.4, 0.5) is 11.4 Å². The molecule has 56 heavy (non-hydrogen) atoms. The summed E-state index contributed by atoms with van der Waals surface area (Å²) in [4.78, 5) is 21.7. The second-order valence-electron chi connectivity index (χ2n) is 14.2. The Morgan fingerprint density at radius 1 is 0.429 bits per heavy atom. The maximum Gasteiger partial charge on any atom is 0.128 e. The summed E-state index contributed by atoms with van der Waals surface area (Å²) >= 11 is 0. The van der Waals surface area contributed by atoms with Crippen molar-refractivity contribution >= 4 is 57.7 Å². The smallest absolute Gasteiger partial charge is 0.128 e. The number of fused-ring (bicyclic) bond motifs is 8. The summed E-state index contributed by atoms with van der Waals surface area (Å²) in [5, 5.41) is 0. The van der Waals surface area contributed by atoms with E-state index in [9.17, 15) is 0 Å². The largest absolute Gasteiger partial charge is 0.457 e. The third-order valence-electron chi connectivity index (χ3n) is 9.82. The molecule has 8 nitrogen and oxygen atoms in total. The number of H-pyrrole nitrogens is 2. The lowest BCUT2D eigenvalue weighted by Gasteiger charge is -2.13. The number of ether oxygens (including phenoxy) is 2. The highest BCUT2D eigenvalue weighted by atomic mass is 16.5. The Hall–Kier alpha value is -7.32. The van der Waals surface area contributed by atoms with Crippen molar-refractivity contribution in [3.8, 4) is 45.3 Å². The van der Waals surface area contributed by atoms with Crippen LogP contribution in [-0.4, -0.2) is 48.1 Å². The predicted octanol–water partition coefficient (Wildman–Crippen LogP) is 11.7. The minimum Gasteiger partial charge on any atom is -0.457 e. The monoisotopic (exact) mass is 732 g/mol. The second kappa shape index (κ2) is 14.5. The summed E-state index contributed by atoms with van der Waals surface area (Å²) in [6.07, 6.45) is 8.21. The van der Waals surface area contributed by atoms with Gasteiger partial charge in [0, 0.05) is 72.8 Å².